The second-order valence-electron chi connectivity index (χ2n) is 5.94. The van der Waals surface area contributed by atoms with Crippen LogP contribution in [0, 0.1) is 0 Å². The standard InChI is InChI=1S/C18H15N3O4S2/c1-11(19-17-12-6-2-5-9-15(12)27(23,24)21-17)18(22)25-10-16-20-13-7-3-4-8-14(13)26-16/h2-9,11H,10H2,1H3,(H,19,21). The minimum Gasteiger partial charge on any atom is -0.457 e. The maximum Gasteiger partial charge on any atom is 0.331 e. The van der Waals surface area contributed by atoms with Crippen molar-refractivity contribution in [1.82, 2.24) is 9.71 Å². The summed E-state index contributed by atoms with van der Waals surface area (Å²) in [6.45, 7) is 1.61. The highest BCUT2D eigenvalue weighted by atomic mass is 32.2. The van der Waals surface area contributed by atoms with Crippen LogP contribution in [0.5, 0.6) is 0 Å². The first-order chi connectivity index (χ1) is 12.9. The fourth-order valence-corrected chi connectivity index (χ4v) is 4.83. The van der Waals surface area contributed by atoms with Gasteiger partial charge in [-0.3, -0.25) is 9.71 Å². The number of aliphatic imine (C=N–C) groups is 1. The minimum atomic E-state index is -3.64. The number of esters is 1. The molecule has 0 aliphatic carbocycles. The molecule has 1 aromatic heterocycles. The Morgan fingerprint density at radius 3 is 2.78 bits per heavy atom. The van der Waals surface area contributed by atoms with E-state index in [2.05, 4.69) is 14.7 Å². The molecule has 1 unspecified atom stereocenters. The molecule has 3 aromatic rings. The first-order valence-corrected chi connectivity index (χ1v) is 10.4. The molecule has 0 fully saturated rings. The number of carbonyl (C=O) groups excluding carboxylic acids is 1. The van der Waals surface area contributed by atoms with E-state index in [4.69, 9.17) is 4.74 Å². The van der Waals surface area contributed by atoms with E-state index in [-0.39, 0.29) is 17.3 Å². The Bertz CT molecular complexity index is 1140. The largest absolute Gasteiger partial charge is 0.457 e. The van der Waals surface area contributed by atoms with E-state index in [1.807, 2.05) is 24.3 Å². The van der Waals surface area contributed by atoms with Gasteiger partial charge in [-0.05, 0) is 31.2 Å². The number of benzene rings is 2. The molecular weight excluding hydrogens is 386 g/mol. The maximum atomic E-state index is 12.3. The molecule has 0 spiro atoms. The van der Waals surface area contributed by atoms with Crippen LogP contribution in [0.15, 0.2) is 58.4 Å². The number of thiazole rings is 1. The summed E-state index contributed by atoms with van der Waals surface area (Å²) in [6, 6.07) is 13.3. The summed E-state index contributed by atoms with van der Waals surface area (Å²) >= 11 is 1.46. The van der Waals surface area contributed by atoms with Crippen molar-refractivity contribution in [2.75, 3.05) is 0 Å². The van der Waals surface area contributed by atoms with Gasteiger partial charge in [-0.1, -0.05) is 24.3 Å². The number of hydrogen-bond donors (Lipinski definition) is 1. The molecule has 0 radical (unpaired) electrons. The Kier molecular flexibility index (Phi) is 4.40. The van der Waals surface area contributed by atoms with Gasteiger partial charge in [0.15, 0.2) is 0 Å². The van der Waals surface area contributed by atoms with Crippen LogP contribution in [-0.2, 0) is 26.2 Å². The highest BCUT2D eigenvalue weighted by Gasteiger charge is 2.31. The Balaban J connectivity index is 1.47. The van der Waals surface area contributed by atoms with Crippen molar-refractivity contribution in [3.05, 3.63) is 59.1 Å². The summed E-state index contributed by atoms with van der Waals surface area (Å²) in [5.41, 5.74) is 1.31. The Morgan fingerprint density at radius 2 is 1.96 bits per heavy atom. The van der Waals surface area contributed by atoms with E-state index in [0.717, 1.165) is 10.2 Å². The predicted molar refractivity (Wildman–Crippen MR) is 102 cm³/mol. The summed E-state index contributed by atoms with van der Waals surface area (Å²) in [5, 5.41) is 0.691. The number of para-hydroxylation sites is 1. The van der Waals surface area contributed by atoms with Crippen LogP contribution in [0.2, 0.25) is 0 Å². The van der Waals surface area contributed by atoms with Crippen LogP contribution in [-0.4, -0.2) is 31.2 Å². The van der Waals surface area contributed by atoms with Gasteiger partial charge >= 0.3 is 5.97 Å². The van der Waals surface area contributed by atoms with Gasteiger partial charge < -0.3 is 4.74 Å². The van der Waals surface area contributed by atoms with Gasteiger partial charge in [0.1, 0.15) is 23.5 Å². The average molecular weight is 401 g/mol. The van der Waals surface area contributed by atoms with E-state index < -0.39 is 22.0 Å². The second-order valence-corrected chi connectivity index (χ2v) is 8.70. The number of carbonyl (C=O) groups is 1. The molecule has 0 amide bonds. The Morgan fingerprint density at radius 1 is 1.22 bits per heavy atom. The molecule has 2 heterocycles. The Hall–Kier alpha value is -2.78. The van der Waals surface area contributed by atoms with Crippen LogP contribution < -0.4 is 4.72 Å². The fraction of sp³-hybridized carbons (Fsp3) is 0.167. The highest BCUT2D eigenvalue weighted by molar-refractivity contribution is 7.90. The molecule has 7 nitrogen and oxygen atoms in total. The number of nitrogens with zero attached hydrogens (tertiary/aromatic N) is 2. The molecule has 1 aliphatic rings. The number of amidine groups is 1. The predicted octanol–water partition coefficient (Wildman–Crippen LogP) is 2.47. The molecule has 1 atom stereocenters. The summed E-state index contributed by atoms with van der Waals surface area (Å²) < 4.78 is 32.9. The first kappa shape index (κ1) is 17.6. The smallest absolute Gasteiger partial charge is 0.331 e. The molecule has 1 aliphatic heterocycles. The van der Waals surface area contributed by atoms with Crippen LogP contribution in [0.25, 0.3) is 10.2 Å². The van der Waals surface area contributed by atoms with Crippen molar-refractivity contribution in [2.45, 2.75) is 24.5 Å². The van der Waals surface area contributed by atoms with Gasteiger partial charge in [-0.25, -0.2) is 18.2 Å². The van der Waals surface area contributed by atoms with E-state index >= 15 is 0 Å². The van der Waals surface area contributed by atoms with Gasteiger partial charge in [-0.2, -0.15) is 0 Å². The van der Waals surface area contributed by atoms with Crippen molar-refractivity contribution in [2.24, 2.45) is 4.99 Å². The molecule has 4 rings (SSSR count). The third-order valence-electron chi connectivity index (χ3n) is 4.00. The van der Waals surface area contributed by atoms with Crippen molar-refractivity contribution >= 4 is 43.4 Å². The zero-order chi connectivity index (χ0) is 19.0. The summed E-state index contributed by atoms with van der Waals surface area (Å²) in [4.78, 5) is 21.0. The fourth-order valence-electron chi connectivity index (χ4n) is 2.71. The molecular formula is C18H15N3O4S2. The zero-order valence-corrected chi connectivity index (χ0v) is 15.9. The van der Waals surface area contributed by atoms with Gasteiger partial charge in [0.25, 0.3) is 10.0 Å². The summed E-state index contributed by atoms with van der Waals surface area (Å²) in [7, 11) is -3.64. The van der Waals surface area contributed by atoms with Crippen LogP contribution in [0.4, 0.5) is 0 Å². The van der Waals surface area contributed by atoms with Crippen molar-refractivity contribution in [3.63, 3.8) is 0 Å². The highest BCUT2D eigenvalue weighted by Crippen LogP contribution is 2.24. The number of ether oxygens (including phenoxy) is 1. The topological polar surface area (TPSA) is 97.7 Å². The molecule has 0 saturated heterocycles. The second kappa shape index (κ2) is 6.75. The van der Waals surface area contributed by atoms with Crippen LogP contribution in [0.1, 0.15) is 17.5 Å². The molecule has 0 saturated carbocycles. The van der Waals surface area contributed by atoms with Crippen LogP contribution in [0.3, 0.4) is 0 Å². The number of nitrogens with one attached hydrogen (secondary N) is 1. The van der Waals surface area contributed by atoms with Gasteiger partial charge in [0.05, 0.1) is 15.1 Å². The normalized spacial score (nSPS) is 17.4. The molecule has 9 heteroatoms. The van der Waals surface area contributed by atoms with Gasteiger partial charge in [0.2, 0.25) is 0 Å². The van der Waals surface area contributed by atoms with E-state index in [1.165, 1.54) is 17.4 Å². The van der Waals surface area contributed by atoms with Crippen molar-refractivity contribution in [3.8, 4) is 0 Å². The van der Waals surface area contributed by atoms with Crippen LogP contribution >= 0.6 is 11.3 Å². The van der Waals surface area contributed by atoms with E-state index in [0.29, 0.717) is 10.6 Å². The maximum absolute atomic E-state index is 12.3. The monoisotopic (exact) mass is 401 g/mol. The molecule has 138 valence electrons. The lowest BCUT2D eigenvalue weighted by Crippen LogP contribution is -2.26. The quantitative estimate of drug-likeness (QED) is 0.677. The lowest BCUT2D eigenvalue weighted by atomic mass is 10.2. The molecule has 0 bridgehead atoms. The SMILES string of the molecule is CC(N=C1NS(=O)(=O)c2ccccc21)C(=O)OCc1nc2ccccc2s1. The van der Waals surface area contributed by atoms with Gasteiger partial charge in [0, 0.05) is 5.56 Å². The number of fused-ring (bicyclic) bond motifs is 2. The molecule has 27 heavy (non-hydrogen) atoms. The summed E-state index contributed by atoms with van der Waals surface area (Å²) in [5.74, 6) is -0.402. The third-order valence-corrected chi connectivity index (χ3v) is 6.41. The van der Waals surface area contributed by atoms with Crippen molar-refractivity contribution in [1.29, 1.82) is 0 Å². The first-order valence-electron chi connectivity index (χ1n) is 8.15. The number of rotatable bonds is 4. The number of hydrogen-bond acceptors (Lipinski definition) is 7. The lowest BCUT2D eigenvalue weighted by molar-refractivity contribution is -0.145. The van der Waals surface area contributed by atoms with E-state index in [9.17, 15) is 13.2 Å². The average Bonchev–Trinajstić information content (AvgIpc) is 3.18. The minimum absolute atomic E-state index is 0.0513. The third kappa shape index (κ3) is 3.43. The molecule has 2 aromatic carbocycles. The van der Waals surface area contributed by atoms with Crippen molar-refractivity contribution < 1.29 is 17.9 Å². The Labute approximate surface area is 159 Å². The number of sulfonamides is 1. The van der Waals surface area contributed by atoms with E-state index in [1.54, 1.807) is 25.1 Å². The summed E-state index contributed by atoms with van der Waals surface area (Å²) in [6.07, 6.45) is 0. The lowest BCUT2D eigenvalue weighted by Gasteiger charge is -2.08. The van der Waals surface area contributed by atoms with Gasteiger partial charge in [-0.15, -0.1) is 11.3 Å². The number of aromatic nitrogens is 1. The molecule has 1 N–H and O–H groups in total. The zero-order valence-electron chi connectivity index (χ0n) is 14.2.